The first-order valence-electron chi connectivity index (χ1n) is 9.38. The molecule has 0 spiro atoms. The molecule has 0 radical (unpaired) electrons. The summed E-state index contributed by atoms with van der Waals surface area (Å²) in [6.45, 7) is 0.489. The van der Waals surface area contributed by atoms with Crippen LogP contribution in [0, 0.1) is 11.6 Å². The molecule has 8 heteroatoms. The van der Waals surface area contributed by atoms with Crippen molar-refractivity contribution in [2.75, 3.05) is 0 Å². The zero-order valence-electron chi connectivity index (χ0n) is 16.2. The number of pyridine rings is 1. The first-order valence-corrected chi connectivity index (χ1v) is 10.3. The predicted octanol–water partition coefficient (Wildman–Crippen LogP) is 4.99. The van der Waals surface area contributed by atoms with Gasteiger partial charge in [0.25, 0.3) is 5.91 Å². The van der Waals surface area contributed by atoms with Crippen molar-refractivity contribution in [3.05, 3.63) is 101 Å². The van der Waals surface area contributed by atoms with Gasteiger partial charge in [-0.3, -0.25) is 9.78 Å². The molecule has 5 nitrogen and oxygen atoms in total. The Bertz CT molecular complexity index is 1200. The van der Waals surface area contributed by atoms with Crippen molar-refractivity contribution >= 4 is 17.2 Å². The molecule has 0 aliphatic carbocycles. The van der Waals surface area contributed by atoms with E-state index in [9.17, 15) is 13.6 Å². The molecule has 156 valence electrons. The maximum Gasteiger partial charge on any atom is 0.271 e. The van der Waals surface area contributed by atoms with Gasteiger partial charge < -0.3 is 10.1 Å². The number of benzene rings is 2. The minimum Gasteiger partial charge on any atom is -0.489 e. The van der Waals surface area contributed by atoms with Gasteiger partial charge in [-0.25, -0.2) is 13.8 Å². The van der Waals surface area contributed by atoms with Gasteiger partial charge in [-0.05, 0) is 47.5 Å². The molecule has 1 N–H and O–H groups in total. The summed E-state index contributed by atoms with van der Waals surface area (Å²) in [5.41, 5.74) is 2.60. The number of aromatic nitrogens is 2. The molecule has 0 atom stereocenters. The second kappa shape index (κ2) is 9.44. The van der Waals surface area contributed by atoms with Crippen LogP contribution in [0.15, 0.2) is 72.4 Å². The number of ether oxygens (including phenoxy) is 1. The Morgan fingerprint density at radius 1 is 1.00 bits per heavy atom. The Morgan fingerprint density at radius 3 is 2.65 bits per heavy atom. The van der Waals surface area contributed by atoms with E-state index in [1.54, 1.807) is 36.0 Å². The van der Waals surface area contributed by atoms with Gasteiger partial charge >= 0.3 is 0 Å². The Hall–Kier alpha value is -3.65. The van der Waals surface area contributed by atoms with Crippen LogP contribution in [0.3, 0.4) is 0 Å². The van der Waals surface area contributed by atoms with E-state index in [0.29, 0.717) is 28.6 Å². The number of hydrogen-bond acceptors (Lipinski definition) is 5. The molecule has 2 aromatic carbocycles. The van der Waals surface area contributed by atoms with E-state index < -0.39 is 11.6 Å². The van der Waals surface area contributed by atoms with Crippen molar-refractivity contribution in [1.29, 1.82) is 0 Å². The lowest BCUT2D eigenvalue weighted by Crippen LogP contribution is -2.23. The monoisotopic (exact) mass is 437 g/mol. The Kier molecular flexibility index (Phi) is 6.28. The summed E-state index contributed by atoms with van der Waals surface area (Å²) < 4.78 is 32.1. The van der Waals surface area contributed by atoms with Crippen molar-refractivity contribution in [1.82, 2.24) is 15.3 Å². The van der Waals surface area contributed by atoms with Crippen molar-refractivity contribution in [2.24, 2.45) is 0 Å². The van der Waals surface area contributed by atoms with Gasteiger partial charge in [0.05, 0.1) is 0 Å². The van der Waals surface area contributed by atoms with Crippen molar-refractivity contribution in [3.8, 4) is 16.3 Å². The van der Waals surface area contributed by atoms with Gasteiger partial charge in [0.2, 0.25) is 0 Å². The van der Waals surface area contributed by atoms with Gasteiger partial charge in [-0.1, -0.05) is 18.2 Å². The van der Waals surface area contributed by atoms with Crippen LogP contribution in [0.2, 0.25) is 0 Å². The first kappa shape index (κ1) is 20.6. The highest BCUT2D eigenvalue weighted by atomic mass is 32.1. The van der Waals surface area contributed by atoms with E-state index in [2.05, 4.69) is 15.3 Å². The predicted molar refractivity (Wildman–Crippen MR) is 114 cm³/mol. The number of carbonyl (C=O) groups is 1. The molecule has 0 unspecified atom stereocenters. The molecule has 0 fully saturated rings. The maximum absolute atomic E-state index is 13.3. The summed E-state index contributed by atoms with van der Waals surface area (Å²) >= 11 is 1.35. The normalized spacial score (nSPS) is 10.6. The quantitative estimate of drug-likeness (QED) is 0.442. The molecule has 0 bridgehead atoms. The Labute approximate surface area is 181 Å². The summed E-state index contributed by atoms with van der Waals surface area (Å²) in [5.74, 6) is -1.51. The molecule has 0 saturated heterocycles. The fourth-order valence-corrected chi connectivity index (χ4v) is 3.60. The summed E-state index contributed by atoms with van der Waals surface area (Å²) in [4.78, 5) is 20.7. The average Bonchev–Trinajstić information content (AvgIpc) is 3.30. The first-order chi connectivity index (χ1) is 15.1. The van der Waals surface area contributed by atoms with Crippen molar-refractivity contribution in [2.45, 2.75) is 13.2 Å². The van der Waals surface area contributed by atoms with E-state index in [1.165, 1.54) is 17.4 Å². The van der Waals surface area contributed by atoms with E-state index in [0.717, 1.165) is 23.3 Å². The number of hydrogen-bond donors (Lipinski definition) is 1. The molecule has 2 aromatic heterocycles. The summed E-state index contributed by atoms with van der Waals surface area (Å²) in [5, 5.41) is 5.21. The highest BCUT2D eigenvalue weighted by Gasteiger charge is 2.12. The van der Waals surface area contributed by atoms with Gasteiger partial charge in [-0.2, -0.15) is 0 Å². The van der Waals surface area contributed by atoms with Crippen LogP contribution in [-0.4, -0.2) is 15.9 Å². The second-order valence-corrected chi connectivity index (χ2v) is 7.50. The molecule has 1 amide bonds. The van der Waals surface area contributed by atoms with Gasteiger partial charge in [0.1, 0.15) is 23.1 Å². The van der Waals surface area contributed by atoms with E-state index in [-0.39, 0.29) is 12.5 Å². The standard InChI is InChI=1S/C23H17F2N3O2S/c24-19-5-4-16(10-20(19)25)13-30-18-3-1-2-17(11-18)23-28-21(14-31-23)22(29)27-12-15-6-8-26-9-7-15/h1-11,14H,12-13H2,(H,27,29). The van der Waals surface area contributed by atoms with Crippen LogP contribution in [0.4, 0.5) is 8.78 Å². The van der Waals surface area contributed by atoms with Crippen LogP contribution in [0.5, 0.6) is 5.75 Å². The van der Waals surface area contributed by atoms with Gasteiger partial charge in [-0.15, -0.1) is 11.3 Å². The van der Waals surface area contributed by atoms with Crippen LogP contribution in [-0.2, 0) is 13.2 Å². The summed E-state index contributed by atoms with van der Waals surface area (Å²) in [7, 11) is 0. The highest BCUT2D eigenvalue weighted by molar-refractivity contribution is 7.13. The maximum atomic E-state index is 13.3. The Morgan fingerprint density at radius 2 is 1.84 bits per heavy atom. The minimum absolute atomic E-state index is 0.0984. The molecular formula is C23H17F2N3O2S. The minimum atomic E-state index is -0.910. The molecule has 0 aliphatic rings. The van der Waals surface area contributed by atoms with E-state index in [4.69, 9.17) is 4.74 Å². The third-order valence-corrected chi connectivity index (χ3v) is 5.30. The summed E-state index contributed by atoms with van der Waals surface area (Å²) in [6.07, 6.45) is 3.34. The van der Waals surface area contributed by atoms with Crippen LogP contribution in [0.25, 0.3) is 10.6 Å². The van der Waals surface area contributed by atoms with Gasteiger partial charge in [0, 0.05) is 29.9 Å². The smallest absolute Gasteiger partial charge is 0.271 e. The summed E-state index contributed by atoms with van der Waals surface area (Å²) in [6, 6.07) is 14.5. The number of nitrogens with zero attached hydrogens (tertiary/aromatic N) is 2. The average molecular weight is 437 g/mol. The zero-order valence-corrected chi connectivity index (χ0v) is 17.0. The second-order valence-electron chi connectivity index (χ2n) is 6.64. The number of rotatable bonds is 7. The van der Waals surface area contributed by atoms with Crippen molar-refractivity contribution < 1.29 is 18.3 Å². The highest BCUT2D eigenvalue weighted by Crippen LogP contribution is 2.27. The van der Waals surface area contributed by atoms with Gasteiger partial charge in [0.15, 0.2) is 11.6 Å². The van der Waals surface area contributed by atoms with E-state index in [1.807, 2.05) is 18.2 Å². The number of nitrogens with one attached hydrogen (secondary N) is 1. The lowest BCUT2D eigenvalue weighted by molar-refractivity contribution is 0.0946. The number of halogens is 2. The number of thiazole rings is 1. The lowest BCUT2D eigenvalue weighted by atomic mass is 10.2. The zero-order chi connectivity index (χ0) is 21.6. The largest absolute Gasteiger partial charge is 0.489 e. The number of carbonyl (C=O) groups excluding carboxylic acids is 1. The molecule has 0 saturated carbocycles. The molecule has 4 rings (SSSR count). The fraction of sp³-hybridized carbons (Fsp3) is 0.0870. The third kappa shape index (κ3) is 5.29. The third-order valence-electron chi connectivity index (χ3n) is 4.41. The number of amides is 1. The molecule has 0 aliphatic heterocycles. The van der Waals surface area contributed by atoms with E-state index >= 15 is 0 Å². The molecule has 2 heterocycles. The molecule has 4 aromatic rings. The van der Waals surface area contributed by atoms with Crippen LogP contribution in [0.1, 0.15) is 21.6 Å². The SMILES string of the molecule is O=C(NCc1ccncc1)c1csc(-c2cccc(OCc3ccc(F)c(F)c3)c2)n1. The molecular weight excluding hydrogens is 420 g/mol. The Balaban J connectivity index is 1.40. The topological polar surface area (TPSA) is 64.1 Å². The fourth-order valence-electron chi connectivity index (χ4n) is 2.80. The van der Waals surface area contributed by atoms with Crippen LogP contribution < -0.4 is 10.1 Å². The lowest BCUT2D eigenvalue weighted by Gasteiger charge is -2.08. The van der Waals surface area contributed by atoms with Crippen LogP contribution >= 0.6 is 11.3 Å². The molecule has 31 heavy (non-hydrogen) atoms. The van der Waals surface area contributed by atoms with Crippen molar-refractivity contribution in [3.63, 3.8) is 0 Å².